The third-order valence-electron chi connectivity index (χ3n) is 12.4. The van der Waals surface area contributed by atoms with Crippen molar-refractivity contribution in [3.8, 4) is 0 Å². The summed E-state index contributed by atoms with van der Waals surface area (Å²) in [6, 6.07) is 0. The molecule has 25 nitrogen and oxygen atoms in total. The highest BCUT2D eigenvalue weighted by Crippen LogP contribution is 2.18. The van der Waals surface area contributed by atoms with Gasteiger partial charge in [-0.1, -0.05) is 76.7 Å². The number of carboxylic acids is 2. The van der Waals surface area contributed by atoms with Crippen LogP contribution in [0.4, 0.5) is 0 Å². The Labute approximate surface area is 529 Å². The van der Waals surface area contributed by atoms with Crippen LogP contribution in [0, 0.1) is 28.1 Å². The van der Waals surface area contributed by atoms with Crippen LogP contribution in [0.25, 0.3) is 0 Å². The average molecular weight is 1280 g/mol. The molecule has 4 N–H and O–H groups in total. The minimum atomic E-state index is -1.08. The Hall–Kier alpha value is -5.12. The molecular formula is C64H114N2O23. The summed E-state index contributed by atoms with van der Waals surface area (Å²) in [6.45, 7) is 26.7. The Balaban J connectivity index is -0.000000649. The number of carbonyl (C=O) groups excluding carboxylic acids is 10. The van der Waals surface area contributed by atoms with Crippen molar-refractivity contribution >= 4 is 70.0 Å². The summed E-state index contributed by atoms with van der Waals surface area (Å²) in [7, 11) is 0. The fourth-order valence-electron chi connectivity index (χ4n) is 6.72. The highest BCUT2D eigenvalue weighted by molar-refractivity contribution is 5.86. The van der Waals surface area contributed by atoms with Gasteiger partial charge in [-0.15, -0.1) is 0 Å². The number of carbonyl (C=O) groups is 12. The molecule has 0 bridgehead atoms. The normalized spacial score (nSPS) is 12.0. The molecule has 2 amide bonds. The van der Waals surface area contributed by atoms with Crippen LogP contribution in [0.3, 0.4) is 0 Å². The first-order valence-electron chi connectivity index (χ1n) is 30.6. The molecule has 0 aromatic carbocycles. The topological polar surface area (TPSA) is 352 Å². The molecule has 89 heavy (non-hydrogen) atoms. The number of hydrogen-bond acceptors (Lipinski definition) is 21. The minimum absolute atomic E-state index is 0. The number of amides is 2. The van der Waals surface area contributed by atoms with Crippen LogP contribution >= 0.6 is 0 Å². The Morgan fingerprint density at radius 2 is 0.652 bits per heavy atom. The molecule has 0 aliphatic carbocycles. The predicted octanol–water partition coefficient (Wildman–Crippen LogP) is 6.59. The molecule has 0 saturated heterocycles. The van der Waals surface area contributed by atoms with E-state index >= 15 is 0 Å². The van der Waals surface area contributed by atoms with Gasteiger partial charge in [0, 0.05) is 107 Å². The molecule has 0 aliphatic rings. The second-order valence-electron chi connectivity index (χ2n) is 24.0. The summed E-state index contributed by atoms with van der Waals surface area (Å²) in [6.07, 6.45) is 4.30. The van der Waals surface area contributed by atoms with E-state index in [1.165, 1.54) is 13.8 Å². The molecule has 0 rings (SSSR count). The monoisotopic (exact) mass is 1280 g/mol. The lowest BCUT2D eigenvalue weighted by atomic mass is 9.89. The Bertz CT molecular complexity index is 1910. The van der Waals surface area contributed by atoms with Crippen molar-refractivity contribution in [2.24, 2.45) is 28.1 Å². The van der Waals surface area contributed by atoms with Crippen molar-refractivity contribution in [3.05, 3.63) is 0 Å². The zero-order chi connectivity index (χ0) is 67.4. The molecule has 25 heteroatoms. The molecule has 0 fully saturated rings. The maximum absolute atomic E-state index is 11.8. The Morgan fingerprint density at radius 1 is 0.360 bits per heavy atom. The van der Waals surface area contributed by atoms with E-state index in [2.05, 4.69) is 10.6 Å². The first-order chi connectivity index (χ1) is 41.2. The second kappa shape index (κ2) is 55.7. The largest absolute Gasteiger partial charge is 0.481 e. The van der Waals surface area contributed by atoms with Gasteiger partial charge in [-0.2, -0.15) is 0 Å². The lowest BCUT2D eigenvalue weighted by Gasteiger charge is -2.16. The number of hydrogen-bond donors (Lipinski definition) is 4. The van der Waals surface area contributed by atoms with Crippen molar-refractivity contribution < 1.29 is 110 Å². The van der Waals surface area contributed by atoms with Gasteiger partial charge >= 0.3 is 11.9 Å². The molecule has 0 aromatic rings. The standard InChI is InChI=1S/2C25H43NO10.C13H24O3.CH4/c2*1-19(27)16-20(24(31)32)7-8-23(30)26-9-11-34-13-14-35-17-21(28)6-5-10-33-12-15-36-18-22(29)25(2,3)4;1-5-11(14)7-6-9-16-10-8-12(15)13(2,3)4;/h2*20H,5-18H2,1-4H3,(H,26,30)(H,31,32);5-10H2,1-4H3;1H4/t2*20-;;/m11../s1. The van der Waals surface area contributed by atoms with E-state index in [1.54, 1.807) is 0 Å². The minimum Gasteiger partial charge on any atom is -0.481 e. The van der Waals surface area contributed by atoms with Gasteiger partial charge in [-0.3, -0.25) is 47.9 Å². The van der Waals surface area contributed by atoms with E-state index in [0.29, 0.717) is 97.8 Å². The Morgan fingerprint density at radius 3 is 0.955 bits per heavy atom. The zero-order valence-electron chi connectivity index (χ0n) is 55.2. The van der Waals surface area contributed by atoms with Gasteiger partial charge < -0.3 is 73.1 Å². The molecule has 0 aliphatic heterocycles. The van der Waals surface area contributed by atoms with Crippen LogP contribution in [0.15, 0.2) is 0 Å². The van der Waals surface area contributed by atoms with Gasteiger partial charge in [0.05, 0.1) is 84.5 Å². The maximum Gasteiger partial charge on any atom is 0.306 e. The van der Waals surface area contributed by atoms with E-state index in [0.717, 1.165) is 6.42 Å². The maximum atomic E-state index is 11.8. The Kier molecular flexibility index (Phi) is 56.5. The predicted molar refractivity (Wildman–Crippen MR) is 332 cm³/mol. The van der Waals surface area contributed by atoms with Gasteiger partial charge in [0.1, 0.15) is 49.6 Å². The van der Waals surface area contributed by atoms with Crippen LogP contribution in [0.5, 0.6) is 0 Å². The molecular weight excluding hydrogens is 1160 g/mol. The average Bonchev–Trinajstić information content (AvgIpc) is 3.45. The second-order valence-corrected chi connectivity index (χ2v) is 24.0. The van der Waals surface area contributed by atoms with Gasteiger partial charge in [0.15, 0.2) is 23.1 Å². The fourth-order valence-corrected chi connectivity index (χ4v) is 6.72. The van der Waals surface area contributed by atoms with E-state index < -0.39 is 34.6 Å². The summed E-state index contributed by atoms with van der Waals surface area (Å²) < 4.78 is 47.8. The molecule has 0 radical (unpaired) electrons. The fraction of sp³-hybridized carbons (Fsp3) is 0.812. The number of Topliss-reactive ketones (excluding diaryl/α,β-unsaturated/α-hetero) is 8. The van der Waals surface area contributed by atoms with Crippen molar-refractivity contribution in [2.45, 2.75) is 180 Å². The quantitative estimate of drug-likeness (QED) is 0.0466. The lowest BCUT2D eigenvalue weighted by molar-refractivity contribution is -0.144. The van der Waals surface area contributed by atoms with Crippen LogP contribution in [0.1, 0.15) is 180 Å². The molecule has 0 unspecified atom stereocenters. The van der Waals surface area contributed by atoms with Gasteiger partial charge in [-0.05, 0) is 46.0 Å². The smallest absolute Gasteiger partial charge is 0.306 e. The van der Waals surface area contributed by atoms with Crippen molar-refractivity contribution in [1.29, 1.82) is 0 Å². The molecule has 518 valence electrons. The summed E-state index contributed by atoms with van der Waals surface area (Å²) in [5.74, 6) is -4.44. The van der Waals surface area contributed by atoms with Crippen molar-refractivity contribution in [2.75, 3.05) is 132 Å². The van der Waals surface area contributed by atoms with E-state index in [1.807, 2.05) is 69.2 Å². The van der Waals surface area contributed by atoms with E-state index in [4.69, 9.17) is 52.8 Å². The molecule has 0 spiro atoms. The highest BCUT2D eigenvalue weighted by Gasteiger charge is 2.24. The number of ether oxygens (including phenoxy) is 9. The first kappa shape index (κ1) is 90.3. The molecule has 0 aromatic heterocycles. The third kappa shape index (κ3) is 61.5. The summed E-state index contributed by atoms with van der Waals surface area (Å²) >= 11 is 0. The van der Waals surface area contributed by atoms with Gasteiger partial charge in [0.2, 0.25) is 11.8 Å². The number of nitrogens with one attached hydrogen (secondary N) is 2. The SMILES string of the molecule is C.CC(=O)C[C@@H](CCC(=O)NCCOCCOCC(=O)CCCOCCOCC(=O)C(C)(C)C)C(=O)O.CC(=O)C[C@@H](CCC(=O)NCCOCCOCC(=O)CCCOCCOCC(=O)C(C)(C)C)C(=O)O.CCC(=O)CCCOCCC(=O)C(C)(C)C. The highest BCUT2D eigenvalue weighted by atomic mass is 16.5. The zero-order valence-corrected chi connectivity index (χ0v) is 55.2. The van der Waals surface area contributed by atoms with Crippen molar-refractivity contribution in [3.63, 3.8) is 0 Å². The number of ketones is 8. The van der Waals surface area contributed by atoms with Crippen LogP contribution < -0.4 is 10.6 Å². The lowest BCUT2D eigenvalue weighted by Crippen LogP contribution is -2.29. The summed E-state index contributed by atoms with van der Waals surface area (Å²) in [4.78, 5) is 137. The van der Waals surface area contributed by atoms with E-state index in [9.17, 15) is 57.5 Å². The molecule has 0 heterocycles. The first-order valence-corrected chi connectivity index (χ1v) is 30.6. The number of carboxylic acid groups (broad SMARTS) is 2. The van der Waals surface area contributed by atoms with Crippen LogP contribution in [-0.4, -0.2) is 212 Å². The number of aliphatic carboxylic acids is 2. The van der Waals surface area contributed by atoms with Crippen molar-refractivity contribution in [1.82, 2.24) is 10.6 Å². The molecule has 0 saturated carbocycles. The van der Waals surface area contributed by atoms with E-state index in [-0.39, 0.29) is 189 Å². The van der Waals surface area contributed by atoms with Gasteiger partial charge in [0.25, 0.3) is 0 Å². The van der Waals surface area contributed by atoms with Crippen LogP contribution in [-0.2, 0) is 100 Å². The summed E-state index contributed by atoms with van der Waals surface area (Å²) in [5.41, 5.74) is -1.11. The van der Waals surface area contributed by atoms with Crippen LogP contribution in [0.2, 0.25) is 0 Å². The number of rotatable bonds is 54. The summed E-state index contributed by atoms with van der Waals surface area (Å²) in [5, 5.41) is 23.4. The van der Waals surface area contributed by atoms with Gasteiger partial charge in [-0.25, -0.2) is 0 Å². The molecule has 2 atom stereocenters. The third-order valence-corrected chi connectivity index (χ3v) is 12.4.